The van der Waals surface area contributed by atoms with Crippen LogP contribution in [0.5, 0.6) is 0 Å². The molecule has 3 heterocycles. The van der Waals surface area contributed by atoms with Crippen molar-refractivity contribution in [2.75, 3.05) is 0 Å². The van der Waals surface area contributed by atoms with Crippen molar-refractivity contribution < 1.29 is 82.2 Å². The summed E-state index contributed by atoms with van der Waals surface area (Å²) in [6.45, 7) is 9.66. The fourth-order valence-electron chi connectivity index (χ4n) is 5.70. The van der Waals surface area contributed by atoms with Crippen LogP contribution in [0.25, 0.3) is 0 Å². The molecule has 0 radical (unpaired) electrons. The predicted octanol–water partition coefficient (Wildman–Crippen LogP) is -0.647. The molecule has 0 bridgehead atoms. The molecule has 0 unspecified atom stereocenters. The number of aliphatic hydroxyl groups is 4. The quantitative estimate of drug-likeness (QED) is 0.114. The Balaban J connectivity index is 1.99. The SMILES string of the molecule is CCCCCC(=O)O[C@@H]1[C@@H](O[C@@H]2O[C@@H](C)[C@H](OC(C)=O)[C@@H](O[C@@H]3O[C@@H](C)[C@H](O)[C@@H](O)[C@H]3OC(C)=O)[C@H]2OC(C)=O)[C@@H](O)[C@H](O)O[C@H]1C. The lowest BCUT2D eigenvalue weighted by molar-refractivity contribution is -0.374. The van der Waals surface area contributed by atoms with E-state index < -0.39 is 116 Å². The van der Waals surface area contributed by atoms with E-state index in [2.05, 4.69) is 0 Å². The molecule has 3 saturated heterocycles. The Hall–Kier alpha value is -2.48. The zero-order valence-electron chi connectivity index (χ0n) is 27.6. The van der Waals surface area contributed by atoms with Crippen LogP contribution in [0.2, 0.25) is 0 Å². The van der Waals surface area contributed by atoms with Gasteiger partial charge in [-0.15, -0.1) is 0 Å². The average Bonchev–Trinajstić information content (AvgIpc) is 2.97. The summed E-state index contributed by atoms with van der Waals surface area (Å²) >= 11 is 0. The van der Waals surface area contributed by atoms with Crippen LogP contribution < -0.4 is 0 Å². The highest BCUT2D eigenvalue weighted by molar-refractivity contribution is 5.69. The van der Waals surface area contributed by atoms with Gasteiger partial charge in [0.25, 0.3) is 0 Å². The fourth-order valence-corrected chi connectivity index (χ4v) is 5.70. The first-order valence-corrected chi connectivity index (χ1v) is 15.8. The third kappa shape index (κ3) is 10.0. The molecular formula is C30H48O17. The highest BCUT2D eigenvalue weighted by atomic mass is 16.8. The van der Waals surface area contributed by atoms with E-state index in [1.54, 1.807) is 0 Å². The van der Waals surface area contributed by atoms with Crippen LogP contribution in [0, 0.1) is 0 Å². The molecule has 270 valence electrons. The summed E-state index contributed by atoms with van der Waals surface area (Å²) in [6.07, 6.45) is -19.3. The molecule has 17 nitrogen and oxygen atoms in total. The van der Waals surface area contributed by atoms with Crippen molar-refractivity contribution in [2.45, 2.75) is 166 Å². The number of rotatable bonds is 12. The van der Waals surface area contributed by atoms with Crippen molar-refractivity contribution in [1.82, 2.24) is 0 Å². The van der Waals surface area contributed by atoms with Crippen LogP contribution >= 0.6 is 0 Å². The number of esters is 4. The Labute approximate surface area is 272 Å². The zero-order chi connectivity index (χ0) is 35.2. The topological polar surface area (TPSA) is 232 Å². The summed E-state index contributed by atoms with van der Waals surface area (Å²) in [5.41, 5.74) is 0. The molecule has 0 saturated carbocycles. The van der Waals surface area contributed by atoms with Crippen LogP contribution in [-0.4, -0.2) is 136 Å². The monoisotopic (exact) mass is 680 g/mol. The summed E-state index contributed by atoms with van der Waals surface area (Å²) in [7, 11) is 0. The summed E-state index contributed by atoms with van der Waals surface area (Å²) in [6, 6.07) is 0. The highest BCUT2D eigenvalue weighted by Crippen LogP contribution is 2.36. The Kier molecular flexibility index (Phi) is 14.3. The van der Waals surface area contributed by atoms with E-state index in [9.17, 15) is 39.6 Å². The minimum absolute atomic E-state index is 0.0826. The lowest BCUT2D eigenvalue weighted by Crippen LogP contribution is -2.67. The van der Waals surface area contributed by atoms with Crippen molar-refractivity contribution in [3.05, 3.63) is 0 Å². The minimum Gasteiger partial charge on any atom is -0.457 e. The van der Waals surface area contributed by atoms with Gasteiger partial charge in [0.05, 0.1) is 18.3 Å². The number of hydrogen-bond acceptors (Lipinski definition) is 17. The summed E-state index contributed by atoms with van der Waals surface area (Å²) in [5.74, 6) is -3.06. The van der Waals surface area contributed by atoms with Crippen LogP contribution in [0.4, 0.5) is 0 Å². The number of carbonyl (C=O) groups excluding carboxylic acids is 4. The van der Waals surface area contributed by atoms with E-state index in [0.717, 1.165) is 33.6 Å². The van der Waals surface area contributed by atoms with Gasteiger partial charge in [0.2, 0.25) is 0 Å². The lowest BCUT2D eigenvalue weighted by atomic mass is 9.96. The molecule has 4 N–H and O–H groups in total. The van der Waals surface area contributed by atoms with E-state index in [0.29, 0.717) is 6.42 Å². The average molecular weight is 681 g/mol. The lowest BCUT2D eigenvalue weighted by Gasteiger charge is -2.49. The van der Waals surface area contributed by atoms with Crippen molar-refractivity contribution >= 4 is 23.9 Å². The van der Waals surface area contributed by atoms with E-state index >= 15 is 0 Å². The maximum atomic E-state index is 12.7. The molecule has 3 rings (SSSR count). The molecular weight excluding hydrogens is 632 g/mol. The zero-order valence-corrected chi connectivity index (χ0v) is 27.6. The van der Waals surface area contributed by atoms with Gasteiger partial charge in [-0.1, -0.05) is 19.8 Å². The summed E-state index contributed by atoms with van der Waals surface area (Å²) in [4.78, 5) is 49.2. The van der Waals surface area contributed by atoms with Gasteiger partial charge in [-0.2, -0.15) is 0 Å². The van der Waals surface area contributed by atoms with Crippen molar-refractivity contribution in [3.8, 4) is 0 Å². The predicted molar refractivity (Wildman–Crippen MR) is 154 cm³/mol. The van der Waals surface area contributed by atoms with Crippen LogP contribution in [0.1, 0.15) is 74.1 Å². The normalized spacial score (nSPS) is 40.6. The van der Waals surface area contributed by atoms with Crippen LogP contribution in [-0.2, 0) is 61.8 Å². The summed E-state index contributed by atoms with van der Waals surface area (Å²) in [5, 5.41) is 42.5. The third-order valence-corrected chi connectivity index (χ3v) is 8.02. The third-order valence-electron chi connectivity index (χ3n) is 8.02. The molecule has 0 aromatic carbocycles. The minimum atomic E-state index is -1.77. The molecule has 0 aromatic rings. The first-order valence-electron chi connectivity index (χ1n) is 15.8. The molecule has 3 fully saturated rings. The van der Waals surface area contributed by atoms with Gasteiger partial charge in [-0.25, -0.2) is 0 Å². The number of aliphatic hydroxyl groups excluding tert-OH is 4. The maximum Gasteiger partial charge on any atom is 0.306 e. The molecule has 0 spiro atoms. The highest BCUT2D eigenvalue weighted by Gasteiger charge is 2.56. The van der Waals surface area contributed by atoms with Gasteiger partial charge < -0.3 is 63.1 Å². The van der Waals surface area contributed by atoms with Crippen molar-refractivity contribution in [1.29, 1.82) is 0 Å². The van der Waals surface area contributed by atoms with Gasteiger partial charge >= 0.3 is 23.9 Å². The number of unbranched alkanes of at least 4 members (excludes halogenated alkanes) is 2. The van der Waals surface area contributed by atoms with Gasteiger partial charge in [-0.3, -0.25) is 19.2 Å². The first kappa shape index (κ1) is 39.0. The molecule has 15 atom stereocenters. The van der Waals surface area contributed by atoms with E-state index in [4.69, 9.17) is 42.6 Å². The molecule has 0 amide bonds. The van der Waals surface area contributed by atoms with Gasteiger partial charge in [0, 0.05) is 27.2 Å². The second-order valence-electron chi connectivity index (χ2n) is 12.0. The molecule has 0 aromatic heterocycles. The molecule has 0 aliphatic carbocycles. The first-order chi connectivity index (χ1) is 22.0. The molecule has 47 heavy (non-hydrogen) atoms. The maximum absolute atomic E-state index is 12.7. The second-order valence-corrected chi connectivity index (χ2v) is 12.0. The van der Waals surface area contributed by atoms with E-state index in [1.807, 2.05) is 6.92 Å². The Morgan fingerprint density at radius 2 is 1.04 bits per heavy atom. The Morgan fingerprint density at radius 3 is 1.64 bits per heavy atom. The summed E-state index contributed by atoms with van der Waals surface area (Å²) < 4.78 is 51.3. The largest absolute Gasteiger partial charge is 0.457 e. The number of ether oxygens (including phenoxy) is 9. The fraction of sp³-hybridized carbons (Fsp3) is 0.867. The van der Waals surface area contributed by atoms with Crippen molar-refractivity contribution in [3.63, 3.8) is 0 Å². The molecule has 3 aliphatic rings. The van der Waals surface area contributed by atoms with E-state index in [-0.39, 0.29) is 6.42 Å². The van der Waals surface area contributed by atoms with E-state index in [1.165, 1.54) is 20.8 Å². The molecule has 17 heteroatoms. The van der Waals surface area contributed by atoms with Crippen LogP contribution in [0.15, 0.2) is 0 Å². The van der Waals surface area contributed by atoms with Crippen molar-refractivity contribution in [2.24, 2.45) is 0 Å². The number of hydrogen-bond donors (Lipinski definition) is 4. The number of carbonyl (C=O) groups is 4. The molecule has 3 aliphatic heterocycles. The van der Waals surface area contributed by atoms with Gasteiger partial charge in [0.15, 0.2) is 43.3 Å². The van der Waals surface area contributed by atoms with Gasteiger partial charge in [-0.05, 0) is 27.2 Å². The smallest absolute Gasteiger partial charge is 0.306 e. The Bertz CT molecular complexity index is 1070. The van der Waals surface area contributed by atoms with Crippen LogP contribution in [0.3, 0.4) is 0 Å². The second kappa shape index (κ2) is 17.3. The standard InChI is InChI=1S/C30H48O17/c1-8-9-10-11-18(34)45-22-13(3)39-28(38)21(37)24(22)46-30-27(44-17(7)33)26(23(14(4)41-30)42-15(5)31)47-29-25(43-16(6)32)20(36)19(35)12(2)40-29/h12-14,19-30,35-38H,8-11H2,1-7H3/t12-,13-,14-,19-,20+,21+,22-,23-,24-,25+,26+,27+,28+,29-,30-/m0/s1. The Morgan fingerprint density at radius 1 is 0.553 bits per heavy atom. The van der Waals surface area contributed by atoms with Gasteiger partial charge in [0.1, 0.15) is 30.5 Å².